The highest BCUT2D eigenvalue weighted by atomic mass is 16.5. The normalized spacial score (nSPS) is 26.6. The lowest BCUT2D eigenvalue weighted by atomic mass is 9.77. The summed E-state index contributed by atoms with van der Waals surface area (Å²) in [7, 11) is 1.83. The maximum atomic E-state index is 5.35. The van der Waals surface area contributed by atoms with E-state index in [2.05, 4.69) is 55.5 Å². The van der Waals surface area contributed by atoms with Crippen molar-refractivity contribution in [3.63, 3.8) is 0 Å². The highest BCUT2D eigenvalue weighted by Crippen LogP contribution is 2.39. The highest BCUT2D eigenvalue weighted by Gasteiger charge is 2.23. The van der Waals surface area contributed by atoms with Gasteiger partial charge in [0.25, 0.3) is 0 Å². The van der Waals surface area contributed by atoms with Crippen molar-refractivity contribution in [1.29, 1.82) is 0 Å². The second kappa shape index (κ2) is 11.3. The van der Waals surface area contributed by atoms with E-state index in [9.17, 15) is 0 Å². The number of methoxy groups -OCH3 is 1. The van der Waals surface area contributed by atoms with Gasteiger partial charge in [0.2, 0.25) is 0 Å². The quantitative estimate of drug-likeness (QED) is 0.416. The van der Waals surface area contributed by atoms with Crippen molar-refractivity contribution in [2.45, 2.75) is 89.4 Å². The molecule has 0 aliphatic heterocycles. The van der Waals surface area contributed by atoms with Crippen LogP contribution in [0.3, 0.4) is 0 Å². The number of unbranched alkanes of at least 4 members (excludes halogenated alkanes) is 1. The van der Waals surface area contributed by atoms with E-state index in [1.54, 1.807) is 5.56 Å². The average Bonchev–Trinajstić information content (AvgIpc) is 2.84. The van der Waals surface area contributed by atoms with Gasteiger partial charge in [-0.2, -0.15) is 0 Å². The van der Waals surface area contributed by atoms with Gasteiger partial charge in [0, 0.05) is 13.7 Å². The predicted molar refractivity (Wildman–Crippen MR) is 133 cm³/mol. The second-order valence-electron chi connectivity index (χ2n) is 10.3. The van der Waals surface area contributed by atoms with E-state index in [1.807, 2.05) is 7.11 Å². The van der Waals surface area contributed by atoms with E-state index in [0.717, 1.165) is 30.3 Å². The van der Waals surface area contributed by atoms with Crippen molar-refractivity contribution in [2.75, 3.05) is 13.7 Å². The molecule has 1 heteroatoms. The fourth-order valence-corrected chi connectivity index (χ4v) is 6.07. The Bertz CT molecular complexity index is 759. The highest BCUT2D eigenvalue weighted by molar-refractivity contribution is 5.64. The zero-order valence-corrected chi connectivity index (χ0v) is 19.8. The van der Waals surface area contributed by atoms with Crippen LogP contribution in [0.15, 0.2) is 48.5 Å². The number of benzene rings is 2. The van der Waals surface area contributed by atoms with Gasteiger partial charge >= 0.3 is 0 Å². The minimum absolute atomic E-state index is 0.733. The molecule has 2 aromatic rings. The molecule has 0 amide bonds. The van der Waals surface area contributed by atoms with Gasteiger partial charge in [0.15, 0.2) is 0 Å². The van der Waals surface area contributed by atoms with Gasteiger partial charge < -0.3 is 4.74 Å². The summed E-state index contributed by atoms with van der Waals surface area (Å²) in [6.07, 6.45) is 15.1. The van der Waals surface area contributed by atoms with Gasteiger partial charge in [-0.25, -0.2) is 0 Å². The van der Waals surface area contributed by atoms with Crippen LogP contribution in [0, 0.1) is 11.8 Å². The molecule has 2 fully saturated rings. The maximum absolute atomic E-state index is 5.35. The summed E-state index contributed by atoms with van der Waals surface area (Å²) in [4.78, 5) is 0. The standard InChI is InChI=1S/C30H42O/c1-3-4-5-23-6-10-25(11-7-23)27-14-18-29(19-15-27)30-20-16-28(17-21-30)26-12-8-24(9-13-26)22-31-2/h14-21,23-26H,3-13,22H2,1-2H3. The first-order chi connectivity index (χ1) is 15.3. The number of ether oxygens (including phenoxy) is 1. The Morgan fingerprint density at radius 3 is 1.52 bits per heavy atom. The lowest BCUT2D eigenvalue weighted by Crippen LogP contribution is -2.17. The van der Waals surface area contributed by atoms with Crippen LogP contribution in [0.2, 0.25) is 0 Å². The monoisotopic (exact) mass is 418 g/mol. The molecule has 0 aromatic heterocycles. The largest absolute Gasteiger partial charge is 0.384 e. The molecule has 168 valence electrons. The van der Waals surface area contributed by atoms with Crippen LogP contribution < -0.4 is 0 Å². The van der Waals surface area contributed by atoms with Crippen molar-refractivity contribution in [1.82, 2.24) is 0 Å². The number of hydrogen-bond acceptors (Lipinski definition) is 1. The zero-order valence-electron chi connectivity index (χ0n) is 19.8. The molecule has 31 heavy (non-hydrogen) atoms. The molecule has 0 heterocycles. The summed E-state index contributed by atoms with van der Waals surface area (Å²) in [6, 6.07) is 18.9. The van der Waals surface area contributed by atoms with Crippen molar-refractivity contribution < 1.29 is 4.74 Å². The minimum Gasteiger partial charge on any atom is -0.384 e. The lowest BCUT2D eigenvalue weighted by Gasteiger charge is -2.29. The van der Waals surface area contributed by atoms with E-state index in [4.69, 9.17) is 4.74 Å². The van der Waals surface area contributed by atoms with Gasteiger partial charge in [0.1, 0.15) is 0 Å². The fourth-order valence-electron chi connectivity index (χ4n) is 6.07. The Labute approximate surface area is 190 Å². The SMILES string of the molecule is CCCCC1CCC(c2ccc(-c3ccc(C4CCC(COC)CC4)cc3)cc2)CC1. The summed E-state index contributed by atoms with van der Waals surface area (Å²) in [6.45, 7) is 3.25. The maximum Gasteiger partial charge on any atom is 0.0490 e. The van der Waals surface area contributed by atoms with E-state index in [-0.39, 0.29) is 0 Å². The predicted octanol–water partition coefficient (Wildman–Crippen LogP) is 8.74. The lowest BCUT2D eigenvalue weighted by molar-refractivity contribution is 0.127. The Morgan fingerprint density at radius 1 is 0.645 bits per heavy atom. The molecule has 2 aliphatic carbocycles. The summed E-state index contributed by atoms with van der Waals surface area (Å²) in [5.41, 5.74) is 5.79. The first-order valence-electron chi connectivity index (χ1n) is 13.0. The molecule has 2 aliphatic rings. The molecular weight excluding hydrogens is 376 g/mol. The van der Waals surface area contributed by atoms with E-state index in [0.29, 0.717) is 0 Å². The molecule has 0 unspecified atom stereocenters. The third-order valence-electron chi connectivity index (χ3n) is 8.16. The molecule has 0 bridgehead atoms. The summed E-state index contributed by atoms with van der Waals surface area (Å²) >= 11 is 0. The van der Waals surface area contributed by atoms with Crippen molar-refractivity contribution >= 4 is 0 Å². The zero-order chi connectivity index (χ0) is 21.5. The van der Waals surface area contributed by atoms with Crippen molar-refractivity contribution in [3.05, 3.63) is 59.7 Å². The van der Waals surface area contributed by atoms with Crippen LogP contribution >= 0.6 is 0 Å². The topological polar surface area (TPSA) is 9.23 Å². The van der Waals surface area contributed by atoms with Gasteiger partial charge in [-0.1, -0.05) is 74.7 Å². The molecule has 0 radical (unpaired) electrons. The van der Waals surface area contributed by atoms with Crippen LogP contribution in [0.4, 0.5) is 0 Å². The smallest absolute Gasteiger partial charge is 0.0490 e. The van der Waals surface area contributed by atoms with Crippen LogP contribution in [0.1, 0.15) is 101 Å². The third kappa shape index (κ3) is 6.01. The first-order valence-corrected chi connectivity index (χ1v) is 13.0. The summed E-state index contributed by atoms with van der Waals surface area (Å²) in [5, 5.41) is 0. The van der Waals surface area contributed by atoms with Crippen molar-refractivity contribution in [3.8, 4) is 11.1 Å². The van der Waals surface area contributed by atoms with Crippen LogP contribution in [0.5, 0.6) is 0 Å². The Morgan fingerprint density at radius 2 is 1.10 bits per heavy atom. The molecule has 0 atom stereocenters. The van der Waals surface area contributed by atoms with Crippen molar-refractivity contribution in [2.24, 2.45) is 11.8 Å². The van der Waals surface area contributed by atoms with Gasteiger partial charge in [0.05, 0.1) is 0 Å². The van der Waals surface area contributed by atoms with Crippen LogP contribution in [0.25, 0.3) is 11.1 Å². The molecule has 0 spiro atoms. The van der Waals surface area contributed by atoms with Crippen LogP contribution in [-0.4, -0.2) is 13.7 Å². The van der Waals surface area contributed by atoms with Gasteiger partial charge in [-0.05, 0) is 97.3 Å². The van der Waals surface area contributed by atoms with Gasteiger partial charge in [-0.3, -0.25) is 0 Å². The second-order valence-corrected chi connectivity index (χ2v) is 10.3. The fraction of sp³-hybridized carbons (Fsp3) is 0.600. The average molecular weight is 419 g/mol. The van der Waals surface area contributed by atoms with E-state index in [1.165, 1.54) is 87.3 Å². The number of hydrogen-bond donors (Lipinski definition) is 0. The Kier molecular flexibility index (Phi) is 8.25. The summed E-state index contributed by atoms with van der Waals surface area (Å²) in [5.74, 6) is 3.27. The first kappa shape index (κ1) is 22.6. The molecule has 0 N–H and O–H groups in total. The Hall–Kier alpha value is -1.60. The third-order valence-corrected chi connectivity index (χ3v) is 8.16. The molecule has 4 rings (SSSR count). The van der Waals surface area contributed by atoms with E-state index < -0.39 is 0 Å². The molecule has 1 nitrogen and oxygen atoms in total. The molecule has 2 saturated carbocycles. The summed E-state index contributed by atoms with van der Waals surface area (Å²) < 4.78 is 5.35. The molecule has 2 aromatic carbocycles. The van der Waals surface area contributed by atoms with Gasteiger partial charge in [-0.15, -0.1) is 0 Å². The van der Waals surface area contributed by atoms with E-state index >= 15 is 0 Å². The molecule has 0 saturated heterocycles. The Balaban J connectivity index is 1.31. The van der Waals surface area contributed by atoms with Crippen LogP contribution in [-0.2, 0) is 4.74 Å². The number of rotatable bonds is 8. The molecular formula is C30H42O. The minimum atomic E-state index is 0.733.